The second-order valence-electron chi connectivity index (χ2n) is 5.40. The molecule has 0 aromatic heterocycles. The predicted molar refractivity (Wildman–Crippen MR) is 95.9 cm³/mol. The van der Waals surface area contributed by atoms with Crippen molar-refractivity contribution in [3.63, 3.8) is 0 Å². The molecule has 0 radical (unpaired) electrons. The highest BCUT2D eigenvalue weighted by Crippen LogP contribution is 2.29. The fourth-order valence-corrected chi connectivity index (χ4v) is 2.84. The summed E-state index contributed by atoms with van der Waals surface area (Å²) in [6.45, 7) is -0.247. The Morgan fingerprint density at radius 1 is 1.19 bits per heavy atom. The summed E-state index contributed by atoms with van der Waals surface area (Å²) in [6.07, 6.45) is 0. The van der Waals surface area contributed by atoms with E-state index in [1.165, 1.54) is 7.11 Å². The van der Waals surface area contributed by atoms with Crippen molar-refractivity contribution in [3.05, 3.63) is 52.0 Å². The van der Waals surface area contributed by atoms with E-state index in [1.807, 2.05) is 0 Å². The zero-order valence-electron chi connectivity index (χ0n) is 13.7. The van der Waals surface area contributed by atoms with Gasteiger partial charge in [-0.25, -0.2) is 4.79 Å². The van der Waals surface area contributed by atoms with Gasteiger partial charge in [-0.05, 0) is 52.3 Å². The third-order valence-corrected chi connectivity index (χ3v) is 4.27. The number of carbonyl (C=O) groups excluding carboxylic acids is 3. The number of amides is 1. The minimum atomic E-state index is -0.466. The molecule has 1 heterocycles. The molecule has 2 aromatic carbocycles. The largest absolute Gasteiger partial charge is 0.484 e. The van der Waals surface area contributed by atoms with Crippen molar-refractivity contribution < 1.29 is 28.6 Å². The predicted octanol–water partition coefficient (Wildman–Crippen LogP) is 2.83. The van der Waals surface area contributed by atoms with Crippen molar-refractivity contribution in [1.29, 1.82) is 0 Å². The van der Waals surface area contributed by atoms with Gasteiger partial charge in [0.05, 0.1) is 22.8 Å². The number of hydrogen-bond donors (Lipinski definition) is 1. The third kappa shape index (κ3) is 3.85. The Balaban J connectivity index is 1.68. The first-order chi connectivity index (χ1) is 12.5. The van der Waals surface area contributed by atoms with Crippen molar-refractivity contribution in [2.24, 2.45) is 0 Å². The number of carbonyl (C=O) groups is 3. The van der Waals surface area contributed by atoms with E-state index in [4.69, 9.17) is 9.47 Å². The summed E-state index contributed by atoms with van der Waals surface area (Å²) in [5.74, 6) is -0.0694. The van der Waals surface area contributed by atoms with Crippen LogP contribution in [0.15, 0.2) is 40.9 Å². The van der Waals surface area contributed by atoms with E-state index in [1.54, 1.807) is 36.4 Å². The molecule has 1 aliphatic heterocycles. The number of benzene rings is 2. The number of hydrogen-bond acceptors (Lipinski definition) is 6. The standard InChI is InChI=1S/C18H14BrNO6/c1-24-18(23)11-3-4-15(12(19)6-11)25-8-14(21)10-2-5-16-13(7-10)20-17(22)9-26-16/h2-7H,8-9H2,1H3,(H,20,22). The highest BCUT2D eigenvalue weighted by atomic mass is 79.9. The van der Waals surface area contributed by atoms with Gasteiger partial charge in [0, 0.05) is 5.56 Å². The van der Waals surface area contributed by atoms with Crippen molar-refractivity contribution >= 4 is 39.3 Å². The minimum absolute atomic E-state index is 0.0427. The van der Waals surface area contributed by atoms with E-state index in [2.05, 4.69) is 26.0 Å². The Labute approximate surface area is 157 Å². The molecule has 0 fully saturated rings. The van der Waals surface area contributed by atoms with E-state index < -0.39 is 5.97 Å². The van der Waals surface area contributed by atoms with E-state index >= 15 is 0 Å². The minimum Gasteiger partial charge on any atom is -0.484 e. The molecule has 1 N–H and O–H groups in total. The molecular formula is C18H14BrNO6. The van der Waals surface area contributed by atoms with Gasteiger partial charge in [0.2, 0.25) is 0 Å². The fourth-order valence-electron chi connectivity index (χ4n) is 2.35. The number of ether oxygens (including phenoxy) is 3. The Morgan fingerprint density at radius 3 is 2.69 bits per heavy atom. The third-order valence-electron chi connectivity index (χ3n) is 3.65. The summed E-state index contributed by atoms with van der Waals surface area (Å²) in [4.78, 5) is 35.2. The van der Waals surface area contributed by atoms with Crippen molar-refractivity contribution in [2.45, 2.75) is 0 Å². The molecule has 1 amide bonds. The summed E-state index contributed by atoms with van der Waals surface area (Å²) in [6, 6.07) is 9.46. The average Bonchev–Trinajstić information content (AvgIpc) is 2.65. The molecule has 26 heavy (non-hydrogen) atoms. The molecule has 0 unspecified atom stereocenters. The Hall–Kier alpha value is -2.87. The number of halogens is 1. The molecule has 134 valence electrons. The number of anilines is 1. The molecule has 8 heteroatoms. The first kappa shape index (κ1) is 17.9. The van der Waals surface area contributed by atoms with Gasteiger partial charge in [0.1, 0.15) is 11.5 Å². The first-order valence-electron chi connectivity index (χ1n) is 7.58. The Kier molecular flexibility index (Phi) is 5.22. The summed E-state index contributed by atoms with van der Waals surface area (Å²) in [5.41, 5.74) is 1.20. The maximum atomic E-state index is 12.4. The van der Waals surface area contributed by atoms with E-state index in [0.29, 0.717) is 32.8 Å². The van der Waals surface area contributed by atoms with Gasteiger partial charge >= 0.3 is 5.97 Å². The van der Waals surface area contributed by atoms with Crippen LogP contribution in [0.3, 0.4) is 0 Å². The van der Waals surface area contributed by atoms with Gasteiger partial charge in [-0.15, -0.1) is 0 Å². The maximum Gasteiger partial charge on any atom is 0.337 e. The molecule has 0 atom stereocenters. The van der Waals surface area contributed by atoms with Crippen LogP contribution in [0.1, 0.15) is 20.7 Å². The lowest BCUT2D eigenvalue weighted by Crippen LogP contribution is -2.25. The molecule has 0 aliphatic carbocycles. The van der Waals surface area contributed by atoms with Gasteiger partial charge in [-0.3, -0.25) is 9.59 Å². The lowest BCUT2D eigenvalue weighted by atomic mass is 10.1. The molecule has 0 saturated carbocycles. The van der Waals surface area contributed by atoms with Gasteiger partial charge in [0.25, 0.3) is 5.91 Å². The van der Waals surface area contributed by atoms with Crippen molar-refractivity contribution in [1.82, 2.24) is 0 Å². The molecule has 2 aromatic rings. The second-order valence-corrected chi connectivity index (χ2v) is 6.25. The number of methoxy groups -OCH3 is 1. The van der Waals surface area contributed by atoms with Gasteiger partial charge in [-0.2, -0.15) is 0 Å². The lowest BCUT2D eigenvalue weighted by molar-refractivity contribution is -0.118. The molecule has 0 saturated heterocycles. The Morgan fingerprint density at radius 2 is 1.96 bits per heavy atom. The summed E-state index contributed by atoms with van der Waals surface area (Å²) in [5, 5.41) is 2.65. The topological polar surface area (TPSA) is 90.9 Å². The van der Waals surface area contributed by atoms with Crippen LogP contribution in [-0.4, -0.2) is 38.0 Å². The average molecular weight is 420 g/mol. The van der Waals surface area contributed by atoms with Crippen LogP contribution in [0.5, 0.6) is 11.5 Å². The molecule has 0 bridgehead atoms. The summed E-state index contributed by atoms with van der Waals surface area (Å²) in [7, 11) is 1.30. The maximum absolute atomic E-state index is 12.4. The van der Waals surface area contributed by atoms with Crippen molar-refractivity contribution in [2.75, 3.05) is 25.6 Å². The molecule has 3 rings (SSSR count). The first-order valence-corrected chi connectivity index (χ1v) is 8.38. The van der Waals surface area contributed by atoms with Crippen LogP contribution >= 0.6 is 15.9 Å². The lowest BCUT2D eigenvalue weighted by Gasteiger charge is -2.18. The normalized spacial score (nSPS) is 12.5. The number of fused-ring (bicyclic) bond motifs is 1. The summed E-state index contributed by atoms with van der Waals surface area (Å²) >= 11 is 3.30. The van der Waals surface area contributed by atoms with Crippen LogP contribution in [0.25, 0.3) is 0 Å². The van der Waals surface area contributed by atoms with Crippen LogP contribution in [0, 0.1) is 0 Å². The quantitative estimate of drug-likeness (QED) is 0.591. The second kappa shape index (κ2) is 7.57. The molecule has 7 nitrogen and oxygen atoms in total. The fraction of sp³-hybridized carbons (Fsp3) is 0.167. The van der Waals surface area contributed by atoms with Gasteiger partial charge in [0.15, 0.2) is 19.0 Å². The highest BCUT2D eigenvalue weighted by molar-refractivity contribution is 9.10. The zero-order chi connectivity index (χ0) is 18.7. The number of esters is 1. The number of Topliss-reactive ketones (excluding diaryl/α,β-unsaturated/α-hetero) is 1. The number of rotatable bonds is 5. The smallest absolute Gasteiger partial charge is 0.337 e. The van der Waals surface area contributed by atoms with Crippen LogP contribution < -0.4 is 14.8 Å². The molecule has 1 aliphatic rings. The van der Waals surface area contributed by atoms with Crippen LogP contribution in [0.4, 0.5) is 5.69 Å². The highest BCUT2D eigenvalue weighted by Gasteiger charge is 2.18. The SMILES string of the molecule is COC(=O)c1ccc(OCC(=O)c2ccc3c(c2)NC(=O)CO3)c(Br)c1. The van der Waals surface area contributed by atoms with Gasteiger partial charge in [-0.1, -0.05) is 0 Å². The molecular weight excluding hydrogens is 406 g/mol. The Bertz CT molecular complexity index is 895. The monoisotopic (exact) mass is 419 g/mol. The summed E-state index contributed by atoms with van der Waals surface area (Å²) < 4.78 is 15.9. The van der Waals surface area contributed by atoms with Crippen LogP contribution in [0.2, 0.25) is 0 Å². The van der Waals surface area contributed by atoms with E-state index in [-0.39, 0.29) is 24.9 Å². The van der Waals surface area contributed by atoms with E-state index in [9.17, 15) is 14.4 Å². The zero-order valence-corrected chi connectivity index (χ0v) is 15.3. The molecule has 0 spiro atoms. The van der Waals surface area contributed by atoms with Gasteiger partial charge < -0.3 is 19.5 Å². The van der Waals surface area contributed by atoms with E-state index in [0.717, 1.165) is 0 Å². The van der Waals surface area contributed by atoms with Crippen LogP contribution in [-0.2, 0) is 9.53 Å². The number of nitrogens with one attached hydrogen (secondary N) is 1. The number of ketones is 1. The van der Waals surface area contributed by atoms with Crippen molar-refractivity contribution in [3.8, 4) is 11.5 Å².